The van der Waals surface area contributed by atoms with E-state index < -0.39 is 66.4 Å². The van der Waals surface area contributed by atoms with Crippen LogP contribution in [0.25, 0.3) is 0 Å². The first-order chi connectivity index (χ1) is 14.2. The van der Waals surface area contributed by atoms with Crippen LogP contribution < -0.4 is 21.7 Å². The molecule has 0 aromatic carbocycles. The van der Waals surface area contributed by atoms with Crippen molar-refractivity contribution >= 4 is 29.7 Å². The van der Waals surface area contributed by atoms with Crippen LogP contribution in [0.4, 0.5) is 0 Å². The number of nitrogens with one attached hydrogen (secondary N) is 3. The zero-order valence-corrected chi connectivity index (χ0v) is 18.4. The zero-order valence-electron chi connectivity index (χ0n) is 18.4. The molecular weight excluding hydrogens is 412 g/mol. The van der Waals surface area contributed by atoms with Crippen LogP contribution in [-0.2, 0) is 24.0 Å². The van der Waals surface area contributed by atoms with Gasteiger partial charge in [0, 0.05) is 0 Å². The van der Waals surface area contributed by atoms with Gasteiger partial charge in [0.25, 0.3) is 0 Å². The Morgan fingerprint density at radius 3 is 1.74 bits per heavy atom. The van der Waals surface area contributed by atoms with Gasteiger partial charge < -0.3 is 37.0 Å². The quantitative estimate of drug-likeness (QED) is 0.174. The molecule has 3 amide bonds. The Balaban J connectivity index is 5.59. The van der Waals surface area contributed by atoms with Crippen molar-refractivity contribution in [2.75, 3.05) is 0 Å². The molecule has 6 atom stereocenters. The smallest absolute Gasteiger partial charge is 0.328 e. The van der Waals surface area contributed by atoms with Gasteiger partial charge in [-0.15, -0.1) is 0 Å². The molecule has 6 unspecified atom stereocenters. The molecule has 0 heterocycles. The second-order valence-corrected chi connectivity index (χ2v) is 7.87. The average Bonchev–Trinajstić information content (AvgIpc) is 2.66. The van der Waals surface area contributed by atoms with Gasteiger partial charge in [-0.1, -0.05) is 34.1 Å². The number of carboxylic acids is 2. The van der Waals surface area contributed by atoms with Gasteiger partial charge in [-0.25, -0.2) is 4.79 Å². The van der Waals surface area contributed by atoms with Crippen molar-refractivity contribution in [2.45, 2.75) is 77.7 Å². The fraction of sp³-hybridized carbons (Fsp3) is 0.737. The van der Waals surface area contributed by atoms with Gasteiger partial charge in [-0.05, 0) is 18.8 Å². The van der Waals surface area contributed by atoms with Crippen molar-refractivity contribution in [3.05, 3.63) is 0 Å². The van der Waals surface area contributed by atoms with Crippen LogP contribution >= 0.6 is 0 Å². The topological polar surface area (TPSA) is 208 Å². The van der Waals surface area contributed by atoms with Crippen molar-refractivity contribution in [2.24, 2.45) is 17.6 Å². The molecule has 0 aromatic rings. The van der Waals surface area contributed by atoms with Gasteiger partial charge in [0.1, 0.15) is 12.1 Å². The number of carbonyl (C=O) groups is 5. The monoisotopic (exact) mass is 446 g/mol. The largest absolute Gasteiger partial charge is 0.481 e. The minimum Gasteiger partial charge on any atom is -0.481 e. The summed E-state index contributed by atoms with van der Waals surface area (Å²) in [6.07, 6.45) is -1.82. The summed E-state index contributed by atoms with van der Waals surface area (Å²) in [6, 6.07) is -5.30. The third-order valence-corrected chi connectivity index (χ3v) is 4.87. The van der Waals surface area contributed by atoms with E-state index in [0.29, 0.717) is 6.42 Å². The summed E-state index contributed by atoms with van der Waals surface area (Å²) in [4.78, 5) is 59.9. The van der Waals surface area contributed by atoms with Crippen LogP contribution in [0.2, 0.25) is 0 Å². The first-order valence-electron chi connectivity index (χ1n) is 10.0. The molecule has 0 saturated carbocycles. The first kappa shape index (κ1) is 28.3. The van der Waals surface area contributed by atoms with E-state index in [1.807, 2.05) is 5.32 Å². The fourth-order valence-corrected chi connectivity index (χ4v) is 2.54. The number of aliphatic carboxylic acids is 2. The van der Waals surface area contributed by atoms with Gasteiger partial charge in [0.2, 0.25) is 17.7 Å². The Kier molecular flexibility index (Phi) is 11.7. The maximum Gasteiger partial charge on any atom is 0.328 e. The van der Waals surface area contributed by atoms with Crippen LogP contribution in [0.1, 0.15) is 47.5 Å². The highest BCUT2D eigenvalue weighted by atomic mass is 16.4. The Labute approximate surface area is 180 Å². The molecule has 12 heteroatoms. The fourth-order valence-electron chi connectivity index (χ4n) is 2.54. The molecule has 0 aromatic heterocycles. The number of carbonyl (C=O) groups excluding carboxylic acids is 3. The summed E-state index contributed by atoms with van der Waals surface area (Å²) in [6.45, 7) is 8.07. The number of hydrogen-bond acceptors (Lipinski definition) is 7. The van der Waals surface area contributed by atoms with E-state index in [9.17, 15) is 29.1 Å². The third-order valence-electron chi connectivity index (χ3n) is 4.87. The van der Waals surface area contributed by atoms with Crippen molar-refractivity contribution in [1.82, 2.24) is 16.0 Å². The molecule has 0 aliphatic carbocycles. The minimum atomic E-state index is -1.70. The number of aliphatic hydroxyl groups is 1. The average molecular weight is 447 g/mol. The van der Waals surface area contributed by atoms with Gasteiger partial charge >= 0.3 is 11.9 Å². The Morgan fingerprint density at radius 1 is 0.839 bits per heavy atom. The van der Waals surface area contributed by atoms with Crippen molar-refractivity contribution in [3.63, 3.8) is 0 Å². The lowest BCUT2D eigenvalue weighted by molar-refractivity contribution is -0.146. The third kappa shape index (κ3) is 9.30. The van der Waals surface area contributed by atoms with Crippen molar-refractivity contribution in [3.8, 4) is 0 Å². The molecule has 0 saturated heterocycles. The first-order valence-corrected chi connectivity index (χ1v) is 10.0. The molecule has 8 N–H and O–H groups in total. The van der Waals surface area contributed by atoms with Crippen molar-refractivity contribution < 1.29 is 39.3 Å². The molecule has 0 rings (SSSR count). The van der Waals surface area contributed by atoms with Gasteiger partial charge in [0.15, 0.2) is 6.04 Å². The number of hydrogen-bond donors (Lipinski definition) is 7. The van der Waals surface area contributed by atoms with E-state index in [4.69, 9.17) is 15.9 Å². The molecule has 0 spiro atoms. The number of carboxylic acid groups (broad SMARTS) is 2. The van der Waals surface area contributed by atoms with Crippen LogP contribution in [0, 0.1) is 11.8 Å². The summed E-state index contributed by atoms with van der Waals surface area (Å²) < 4.78 is 0. The lowest BCUT2D eigenvalue weighted by atomic mass is 9.96. The zero-order chi connectivity index (χ0) is 24.5. The highest BCUT2D eigenvalue weighted by Crippen LogP contribution is 2.10. The Bertz CT molecular complexity index is 667. The summed E-state index contributed by atoms with van der Waals surface area (Å²) in [5.41, 5.74) is 5.81. The summed E-state index contributed by atoms with van der Waals surface area (Å²) >= 11 is 0. The standard InChI is InChI=1S/C19H34N4O8/c1-6-9(4)14(22-17(28)13(20)8(2)3)18(29)21-11(7-12(25)26)16(27)23-15(10(5)24)19(30)31/h8-11,13-15,24H,6-7,20H2,1-5H3,(H,21,29)(H,22,28)(H,23,27)(H,25,26)(H,30,31). The van der Waals surface area contributed by atoms with E-state index >= 15 is 0 Å². The second-order valence-electron chi connectivity index (χ2n) is 7.87. The van der Waals surface area contributed by atoms with Crippen LogP contribution in [0.15, 0.2) is 0 Å². The molecule has 0 aliphatic heterocycles. The maximum absolute atomic E-state index is 12.8. The SMILES string of the molecule is CCC(C)C(NC(=O)C(N)C(C)C)C(=O)NC(CC(=O)O)C(=O)NC(C(=O)O)C(C)O. The van der Waals surface area contributed by atoms with E-state index in [1.165, 1.54) is 0 Å². The minimum absolute atomic E-state index is 0.195. The van der Waals surface area contributed by atoms with E-state index in [2.05, 4.69) is 10.6 Å². The molecule has 31 heavy (non-hydrogen) atoms. The summed E-state index contributed by atoms with van der Waals surface area (Å²) in [5, 5.41) is 34.5. The maximum atomic E-state index is 12.8. The molecule has 12 nitrogen and oxygen atoms in total. The molecule has 0 fully saturated rings. The van der Waals surface area contributed by atoms with Gasteiger partial charge in [-0.2, -0.15) is 0 Å². The number of amides is 3. The predicted octanol–water partition coefficient (Wildman–Crippen LogP) is -1.59. The number of aliphatic hydroxyl groups excluding tert-OH is 1. The summed E-state index contributed by atoms with van der Waals surface area (Å²) in [5.74, 6) is -6.01. The Hall–Kier alpha value is -2.73. The van der Waals surface area contributed by atoms with E-state index in [1.54, 1.807) is 27.7 Å². The summed E-state index contributed by atoms with van der Waals surface area (Å²) in [7, 11) is 0. The lowest BCUT2D eigenvalue weighted by Gasteiger charge is -2.28. The van der Waals surface area contributed by atoms with Gasteiger partial charge in [-0.3, -0.25) is 19.2 Å². The normalized spacial score (nSPS) is 16.9. The van der Waals surface area contributed by atoms with Crippen LogP contribution in [-0.4, -0.2) is 75.3 Å². The molecule has 0 radical (unpaired) electrons. The molecule has 0 aliphatic rings. The number of rotatable bonds is 13. The highest BCUT2D eigenvalue weighted by Gasteiger charge is 2.34. The van der Waals surface area contributed by atoms with Crippen molar-refractivity contribution in [1.29, 1.82) is 0 Å². The molecule has 178 valence electrons. The Morgan fingerprint density at radius 2 is 1.35 bits per heavy atom. The van der Waals surface area contributed by atoms with E-state index in [0.717, 1.165) is 6.92 Å². The highest BCUT2D eigenvalue weighted by molar-refractivity contribution is 5.95. The van der Waals surface area contributed by atoms with Gasteiger partial charge in [0.05, 0.1) is 18.6 Å². The molecular formula is C19H34N4O8. The second kappa shape index (κ2) is 12.8. The lowest BCUT2D eigenvalue weighted by Crippen LogP contribution is -2.60. The van der Waals surface area contributed by atoms with Crippen LogP contribution in [0.5, 0.6) is 0 Å². The van der Waals surface area contributed by atoms with E-state index in [-0.39, 0.29) is 11.8 Å². The number of nitrogens with two attached hydrogens (primary N) is 1. The van der Waals surface area contributed by atoms with Crippen LogP contribution in [0.3, 0.4) is 0 Å². The predicted molar refractivity (Wildman–Crippen MR) is 110 cm³/mol. The molecule has 0 bridgehead atoms.